The van der Waals surface area contributed by atoms with Gasteiger partial charge in [0.1, 0.15) is 0 Å². The van der Waals surface area contributed by atoms with Crippen LogP contribution in [0.15, 0.2) is 53.7 Å². The number of thioether (sulfide) groups is 1. The molecule has 1 saturated heterocycles. The van der Waals surface area contributed by atoms with E-state index in [1.165, 1.54) is 36.6 Å². The van der Waals surface area contributed by atoms with Crippen molar-refractivity contribution < 1.29 is 4.79 Å². The number of halogens is 1. The lowest BCUT2D eigenvalue weighted by Crippen LogP contribution is -2.30. The van der Waals surface area contributed by atoms with E-state index >= 15 is 0 Å². The highest BCUT2D eigenvalue weighted by Gasteiger charge is 2.19. The quantitative estimate of drug-likeness (QED) is 0.487. The van der Waals surface area contributed by atoms with Crippen LogP contribution in [0.1, 0.15) is 36.2 Å². The summed E-state index contributed by atoms with van der Waals surface area (Å²) in [5.41, 5.74) is 3.24. The van der Waals surface area contributed by atoms with Crippen LogP contribution in [-0.2, 0) is 17.9 Å². The van der Waals surface area contributed by atoms with Gasteiger partial charge in [-0.2, -0.15) is 0 Å². The molecule has 2 aromatic carbocycles. The van der Waals surface area contributed by atoms with E-state index < -0.39 is 0 Å². The van der Waals surface area contributed by atoms with Crippen molar-refractivity contribution in [3.63, 3.8) is 0 Å². The summed E-state index contributed by atoms with van der Waals surface area (Å²) in [6.45, 7) is 5.48. The number of carbonyl (C=O) groups excluding carboxylic acids is 1. The van der Waals surface area contributed by atoms with Crippen molar-refractivity contribution in [3.8, 4) is 5.69 Å². The van der Waals surface area contributed by atoms with E-state index in [4.69, 9.17) is 11.6 Å². The number of likely N-dealkylation sites (tertiary alicyclic amines) is 1. The zero-order valence-corrected chi connectivity index (χ0v) is 19.8. The number of carbonyl (C=O) groups is 1. The predicted molar refractivity (Wildman–Crippen MR) is 129 cm³/mol. The number of aryl methyl sites for hydroxylation is 1. The lowest BCUT2D eigenvalue weighted by atomic mass is 10.1. The zero-order chi connectivity index (χ0) is 22.3. The second-order valence-corrected chi connectivity index (χ2v) is 9.48. The van der Waals surface area contributed by atoms with Crippen LogP contribution in [0.5, 0.6) is 0 Å². The van der Waals surface area contributed by atoms with Gasteiger partial charge in [0, 0.05) is 17.3 Å². The molecule has 0 bridgehead atoms. The maximum absolute atomic E-state index is 12.5. The summed E-state index contributed by atoms with van der Waals surface area (Å²) in [4.78, 5) is 14.9. The second kappa shape index (κ2) is 11.0. The highest BCUT2D eigenvalue weighted by atomic mass is 35.5. The van der Waals surface area contributed by atoms with Gasteiger partial charge < -0.3 is 5.32 Å². The van der Waals surface area contributed by atoms with Gasteiger partial charge >= 0.3 is 0 Å². The second-order valence-electron chi connectivity index (χ2n) is 8.10. The molecule has 4 rings (SSSR count). The van der Waals surface area contributed by atoms with Crippen molar-refractivity contribution in [2.45, 2.75) is 44.4 Å². The fourth-order valence-electron chi connectivity index (χ4n) is 3.75. The number of amides is 1. The van der Waals surface area contributed by atoms with Crippen molar-refractivity contribution in [3.05, 3.63) is 70.5 Å². The van der Waals surface area contributed by atoms with Crippen molar-refractivity contribution in [1.82, 2.24) is 25.0 Å². The Kier molecular flexibility index (Phi) is 7.84. The summed E-state index contributed by atoms with van der Waals surface area (Å²) >= 11 is 7.50. The molecule has 1 amide bonds. The molecule has 1 N–H and O–H groups in total. The number of aromatic nitrogens is 3. The highest BCUT2D eigenvalue weighted by Crippen LogP contribution is 2.24. The van der Waals surface area contributed by atoms with Gasteiger partial charge in [0.05, 0.1) is 12.3 Å². The first-order chi connectivity index (χ1) is 15.6. The molecule has 2 heterocycles. The summed E-state index contributed by atoms with van der Waals surface area (Å²) in [5.74, 6) is 1.14. The molecule has 3 aromatic rings. The minimum Gasteiger partial charge on any atom is -0.351 e. The van der Waals surface area contributed by atoms with Crippen molar-refractivity contribution in [1.29, 1.82) is 0 Å². The normalized spacial score (nSPS) is 14.4. The van der Waals surface area contributed by atoms with E-state index in [9.17, 15) is 4.79 Å². The van der Waals surface area contributed by atoms with Crippen LogP contribution in [0, 0.1) is 6.92 Å². The van der Waals surface area contributed by atoms with Gasteiger partial charge in [0.15, 0.2) is 11.0 Å². The Morgan fingerprint density at radius 1 is 1.03 bits per heavy atom. The smallest absolute Gasteiger partial charge is 0.230 e. The maximum atomic E-state index is 12.5. The fraction of sp³-hybridized carbons (Fsp3) is 0.375. The Hall–Kier alpha value is -2.35. The zero-order valence-electron chi connectivity index (χ0n) is 18.3. The molecule has 32 heavy (non-hydrogen) atoms. The van der Waals surface area contributed by atoms with Crippen LogP contribution in [0.25, 0.3) is 5.69 Å². The SMILES string of the molecule is Cc1ccc(CNC(=O)CSc2nnc(CN3CCCCC3)n2-c2ccc(Cl)cc2)cc1. The van der Waals surface area contributed by atoms with Gasteiger partial charge in [0.25, 0.3) is 0 Å². The Balaban J connectivity index is 1.44. The standard InChI is InChI=1S/C24H28ClN5OS/c1-18-5-7-19(8-6-18)15-26-23(31)17-32-24-28-27-22(16-29-13-3-2-4-14-29)30(24)21-11-9-20(25)10-12-21/h5-12H,2-4,13-17H2,1H3,(H,26,31). The molecule has 0 radical (unpaired) electrons. The highest BCUT2D eigenvalue weighted by molar-refractivity contribution is 7.99. The molecular weight excluding hydrogens is 442 g/mol. The summed E-state index contributed by atoms with van der Waals surface area (Å²) in [5, 5.41) is 13.3. The first-order valence-electron chi connectivity index (χ1n) is 11.0. The van der Waals surface area contributed by atoms with Gasteiger partial charge in [-0.05, 0) is 62.7 Å². The van der Waals surface area contributed by atoms with Crippen molar-refractivity contribution in [2.24, 2.45) is 0 Å². The van der Waals surface area contributed by atoms with Gasteiger partial charge in [0.2, 0.25) is 5.91 Å². The third-order valence-corrected chi connectivity index (χ3v) is 6.72. The van der Waals surface area contributed by atoms with Crippen molar-refractivity contribution in [2.75, 3.05) is 18.8 Å². The van der Waals surface area contributed by atoms with Crippen molar-refractivity contribution >= 4 is 29.3 Å². The van der Waals surface area contributed by atoms with Crippen LogP contribution in [0.4, 0.5) is 0 Å². The molecule has 8 heteroatoms. The van der Waals surface area contributed by atoms with Crippen LogP contribution in [-0.4, -0.2) is 44.4 Å². The lowest BCUT2D eigenvalue weighted by Gasteiger charge is -2.26. The first kappa shape index (κ1) is 22.8. The molecule has 1 aromatic heterocycles. The number of hydrogen-bond donors (Lipinski definition) is 1. The third-order valence-electron chi connectivity index (χ3n) is 5.54. The van der Waals surface area contributed by atoms with Gasteiger partial charge in [-0.15, -0.1) is 10.2 Å². The minimum atomic E-state index is -0.0289. The lowest BCUT2D eigenvalue weighted by molar-refractivity contribution is -0.118. The maximum Gasteiger partial charge on any atom is 0.230 e. The van der Waals surface area contributed by atoms with E-state index in [-0.39, 0.29) is 11.7 Å². The Morgan fingerprint density at radius 3 is 2.47 bits per heavy atom. The Labute approximate surface area is 198 Å². The van der Waals surface area contributed by atoms with E-state index in [1.807, 2.05) is 41.0 Å². The van der Waals surface area contributed by atoms with Crippen LogP contribution in [0.2, 0.25) is 5.02 Å². The van der Waals surface area contributed by atoms with E-state index in [0.29, 0.717) is 16.7 Å². The fourth-order valence-corrected chi connectivity index (χ4v) is 4.68. The van der Waals surface area contributed by atoms with E-state index in [1.54, 1.807) is 0 Å². The number of benzene rings is 2. The Morgan fingerprint density at radius 2 is 1.75 bits per heavy atom. The average molecular weight is 470 g/mol. The molecule has 1 fully saturated rings. The largest absolute Gasteiger partial charge is 0.351 e. The predicted octanol–water partition coefficient (Wildman–Crippen LogP) is 4.62. The molecule has 1 aliphatic heterocycles. The van der Waals surface area contributed by atoms with Crippen LogP contribution >= 0.6 is 23.4 Å². The molecule has 1 aliphatic rings. The minimum absolute atomic E-state index is 0.0289. The average Bonchev–Trinajstić information content (AvgIpc) is 3.21. The number of rotatable bonds is 8. The summed E-state index contributed by atoms with van der Waals surface area (Å²) in [7, 11) is 0. The Bertz CT molecular complexity index is 1030. The molecule has 168 valence electrons. The summed E-state index contributed by atoms with van der Waals surface area (Å²) in [6.07, 6.45) is 3.73. The van der Waals surface area contributed by atoms with Gasteiger partial charge in [-0.1, -0.05) is 59.6 Å². The molecule has 0 spiro atoms. The van der Waals surface area contributed by atoms with E-state index in [0.717, 1.165) is 36.7 Å². The monoisotopic (exact) mass is 469 g/mol. The molecular formula is C24H28ClN5OS. The molecule has 6 nitrogen and oxygen atoms in total. The number of piperidine rings is 1. The topological polar surface area (TPSA) is 63.1 Å². The van der Waals surface area contributed by atoms with Crippen LogP contribution < -0.4 is 5.32 Å². The van der Waals surface area contributed by atoms with Gasteiger partial charge in [-0.25, -0.2) is 0 Å². The van der Waals surface area contributed by atoms with E-state index in [2.05, 4.69) is 39.5 Å². The summed E-state index contributed by atoms with van der Waals surface area (Å²) < 4.78 is 2.04. The molecule has 0 saturated carbocycles. The van der Waals surface area contributed by atoms with Crippen LogP contribution in [0.3, 0.4) is 0 Å². The molecule has 0 aliphatic carbocycles. The summed E-state index contributed by atoms with van der Waals surface area (Å²) in [6, 6.07) is 15.8. The third kappa shape index (κ3) is 6.12. The van der Waals surface area contributed by atoms with Gasteiger partial charge in [-0.3, -0.25) is 14.3 Å². The first-order valence-corrected chi connectivity index (χ1v) is 12.3. The molecule has 0 unspecified atom stereocenters. The number of nitrogens with zero attached hydrogens (tertiary/aromatic N) is 4. The molecule has 0 atom stereocenters. The number of nitrogens with one attached hydrogen (secondary N) is 1. The number of hydrogen-bond acceptors (Lipinski definition) is 5.